The molecular weight excluding hydrogens is 345 g/mol. The highest BCUT2D eigenvalue weighted by molar-refractivity contribution is 6.43. The fourth-order valence-corrected chi connectivity index (χ4v) is 2.25. The van der Waals surface area contributed by atoms with Crippen LogP contribution in [0.1, 0.15) is 15.9 Å². The monoisotopic (exact) mass is 355 g/mol. The van der Waals surface area contributed by atoms with E-state index in [1.807, 2.05) is 0 Å². The number of hydrogen-bond donors (Lipinski definition) is 0. The average Bonchev–Trinajstić information content (AvgIpc) is 2.54. The molecule has 0 saturated heterocycles. The molecule has 6 nitrogen and oxygen atoms in total. The van der Waals surface area contributed by atoms with Crippen LogP contribution in [-0.4, -0.2) is 18.0 Å². The molecule has 0 bridgehead atoms. The Hall–Kier alpha value is -2.31. The highest BCUT2D eigenvalue weighted by atomic mass is 35.5. The van der Waals surface area contributed by atoms with Crippen LogP contribution in [0, 0.1) is 10.1 Å². The number of nitro groups is 1. The maximum absolute atomic E-state index is 12.1. The van der Waals surface area contributed by atoms with Crippen LogP contribution in [0.25, 0.3) is 0 Å². The molecule has 0 amide bonds. The minimum atomic E-state index is -0.689. The minimum absolute atomic E-state index is 0.0881. The second-order valence-electron chi connectivity index (χ2n) is 4.43. The first-order valence-corrected chi connectivity index (χ1v) is 7.12. The van der Waals surface area contributed by atoms with Crippen molar-refractivity contribution < 1.29 is 19.2 Å². The third-order valence-corrected chi connectivity index (χ3v) is 3.82. The zero-order valence-electron chi connectivity index (χ0n) is 11.9. The van der Waals surface area contributed by atoms with Gasteiger partial charge in [0, 0.05) is 17.7 Å². The van der Waals surface area contributed by atoms with Gasteiger partial charge in [0.1, 0.15) is 12.4 Å². The summed E-state index contributed by atoms with van der Waals surface area (Å²) >= 11 is 11.8. The van der Waals surface area contributed by atoms with Crippen molar-refractivity contribution in [3.8, 4) is 5.75 Å². The Balaban J connectivity index is 2.20. The average molecular weight is 356 g/mol. The summed E-state index contributed by atoms with van der Waals surface area (Å²) in [4.78, 5) is 22.3. The number of nitrogens with zero attached hydrogens (tertiary/aromatic N) is 1. The molecule has 0 unspecified atom stereocenters. The summed E-state index contributed by atoms with van der Waals surface area (Å²) in [6.07, 6.45) is 0. The number of benzene rings is 2. The second kappa shape index (κ2) is 7.30. The summed E-state index contributed by atoms with van der Waals surface area (Å²) in [6.45, 7) is -0.202. The number of carbonyl (C=O) groups excluding carboxylic acids is 1. The lowest BCUT2D eigenvalue weighted by Gasteiger charge is -2.10. The number of hydrogen-bond acceptors (Lipinski definition) is 5. The molecule has 0 aliphatic rings. The Morgan fingerprint density at radius 3 is 2.65 bits per heavy atom. The van der Waals surface area contributed by atoms with Gasteiger partial charge >= 0.3 is 5.97 Å². The predicted octanol–water partition coefficient (Wildman–Crippen LogP) is 4.27. The van der Waals surface area contributed by atoms with E-state index >= 15 is 0 Å². The van der Waals surface area contributed by atoms with Gasteiger partial charge in [-0.2, -0.15) is 0 Å². The summed E-state index contributed by atoms with van der Waals surface area (Å²) in [6, 6.07) is 8.61. The Bertz CT molecular complexity index is 764. The van der Waals surface area contributed by atoms with Crippen molar-refractivity contribution in [3.63, 3.8) is 0 Å². The largest absolute Gasteiger partial charge is 0.496 e. The summed E-state index contributed by atoms with van der Waals surface area (Å²) in [7, 11) is 1.42. The van der Waals surface area contributed by atoms with Gasteiger partial charge in [-0.05, 0) is 18.2 Å². The van der Waals surface area contributed by atoms with E-state index < -0.39 is 10.9 Å². The van der Waals surface area contributed by atoms with Gasteiger partial charge in [-0.15, -0.1) is 0 Å². The zero-order valence-corrected chi connectivity index (χ0v) is 13.4. The van der Waals surface area contributed by atoms with E-state index in [1.54, 1.807) is 12.1 Å². The molecule has 0 atom stereocenters. The Labute approximate surface area is 141 Å². The van der Waals surface area contributed by atoms with E-state index in [4.69, 9.17) is 32.7 Å². The van der Waals surface area contributed by atoms with Crippen molar-refractivity contribution in [2.45, 2.75) is 6.61 Å². The fraction of sp³-hybridized carbons (Fsp3) is 0.133. The van der Waals surface area contributed by atoms with Crippen LogP contribution < -0.4 is 4.74 Å². The molecule has 23 heavy (non-hydrogen) atoms. The number of carbonyl (C=O) groups is 1. The maximum atomic E-state index is 12.1. The molecule has 0 aliphatic heterocycles. The minimum Gasteiger partial charge on any atom is -0.496 e. The van der Waals surface area contributed by atoms with Gasteiger partial charge in [-0.25, -0.2) is 4.79 Å². The van der Waals surface area contributed by atoms with Crippen LogP contribution in [0.3, 0.4) is 0 Å². The Morgan fingerprint density at radius 1 is 1.26 bits per heavy atom. The van der Waals surface area contributed by atoms with Crippen LogP contribution >= 0.6 is 23.2 Å². The van der Waals surface area contributed by atoms with Crippen LogP contribution in [0.15, 0.2) is 36.4 Å². The molecule has 2 aromatic carbocycles. The lowest BCUT2D eigenvalue weighted by molar-refractivity contribution is -0.385. The molecule has 2 rings (SSSR count). The number of esters is 1. The summed E-state index contributed by atoms with van der Waals surface area (Å²) < 4.78 is 10.2. The molecular formula is C15H11Cl2NO5. The molecule has 0 fully saturated rings. The number of methoxy groups -OCH3 is 1. The molecule has 0 spiro atoms. The van der Waals surface area contributed by atoms with Crippen LogP contribution in [-0.2, 0) is 11.3 Å². The smallest absolute Gasteiger partial charge is 0.340 e. The third-order valence-electron chi connectivity index (χ3n) is 3.01. The topological polar surface area (TPSA) is 78.7 Å². The Kier molecular flexibility index (Phi) is 5.41. The van der Waals surface area contributed by atoms with Crippen molar-refractivity contribution >= 4 is 34.9 Å². The Morgan fingerprint density at radius 2 is 2.00 bits per heavy atom. The summed E-state index contributed by atoms with van der Waals surface area (Å²) in [5.74, 6) is -0.313. The van der Waals surface area contributed by atoms with Gasteiger partial charge in [0.15, 0.2) is 0 Å². The maximum Gasteiger partial charge on any atom is 0.340 e. The zero-order chi connectivity index (χ0) is 17.0. The van der Waals surface area contributed by atoms with Crippen molar-refractivity contribution in [3.05, 3.63) is 67.7 Å². The van der Waals surface area contributed by atoms with E-state index in [0.717, 1.165) is 0 Å². The first kappa shape index (κ1) is 17.1. The van der Waals surface area contributed by atoms with E-state index in [2.05, 4.69) is 0 Å². The molecule has 2 aromatic rings. The number of nitro benzene ring substituents is 1. The second-order valence-corrected chi connectivity index (χ2v) is 5.22. The highest BCUT2D eigenvalue weighted by Crippen LogP contribution is 2.28. The first-order valence-electron chi connectivity index (χ1n) is 6.36. The molecule has 0 saturated carbocycles. The third kappa shape index (κ3) is 3.91. The molecule has 0 aliphatic carbocycles. The molecule has 120 valence electrons. The molecule has 8 heteroatoms. The van der Waals surface area contributed by atoms with Gasteiger partial charge in [0.25, 0.3) is 5.69 Å². The molecule has 0 heterocycles. The molecule has 0 N–H and O–H groups in total. The van der Waals surface area contributed by atoms with E-state index in [0.29, 0.717) is 11.3 Å². The van der Waals surface area contributed by atoms with Crippen molar-refractivity contribution in [2.24, 2.45) is 0 Å². The van der Waals surface area contributed by atoms with Gasteiger partial charge in [-0.1, -0.05) is 29.3 Å². The molecule has 0 radical (unpaired) electrons. The van der Waals surface area contributed by atoms with Crippen molar-refractivity contribution in [1.29, 1.82) is 0 Å². The number of rotatable bonds is 5. The lowest BCUT2D eigenvalue weighted by Crippen LogP contribution is -2.07. The SMILES string of the molecule is COc1ccc([N+](=O)[O-])cc1COC(=O)c1cccc(Cl)c1Cl. The normalized spacial score (nSPS) is 10.2. The molecule has 0 aromatic heterocycles. The van der Waals surface area contributed by atoms with E-state index in [-0.39, 0.29) is 27.9 Å². The first-order chi connectivity index (χ1) is 10.9. The van der Waals surface area contributed by atoms with E-state index in [9.17, 15) is 14.9 Å². The van der Waals surface area contributed by atoms with Crippen LogP contribution in [0.5, 0.6) is 5.75 Å². The number of halogens is 2. The fourth-order valence-electron chi connectivity index (χ4n) is 1.87. The number of non-ortho nitro benzene ring substituents is 1. The van der Waals surface area contributed by atoms with Crippen molar-refractivity contribution in [2.75, 3.05) is 7.11 Å². The standard InChI is InChI=1S/C15H11Cl2NO5/c1-22-13-6-5-10(18(20)21)7-9(13)8-23-15(19)11-3-2-4-12(16)14(11)17/h2-7H,8H2,1H3. The van der Waals surface area contributed by atoms with Gasteiger partial charge in [0.05, 0.1) is 27.6 Å². The van der Waals surface area contributed by atoms with Crippen LogP contribution in [0.4, 0.5) is 5.69 Å². The number of ether oxygens (including phenoxy) is 2. The lowest BCUT2D eigenvalue weighted by atomic mass is 10.2. The summed E-state index contributed by atoms with van der Waals surface area (Å²) in [5.41, 5.74) is 0.356. The van der Waals surface area contributed by atoms with Gasteiger partial charge < -0.3 is 9.47 Å². The van der Waals surface area contributed by atoms with Gasteiger partial charge in [-0.3, -0.25) is 10.1 Å². The van der Waals surface area contributed by atoms with Crippen molar-refractivity contribution in [1.82, 2.24) is 0 Å². The predicted molar refractivity (Wildman–Crippen MR) is 85.2 cm³/mol. The summed E-state index contributed by atoms with van der Waals surface area (Å²) in [5, 5.41) is 11.1. The van der Waals surface area contributed by atoms with Gasteiger partial charge in [0.2, 0.25) is 0 Å². The quantitative estimate of drug-likeness (QED) is 0.454. The van der Waals surface area contributed by atoms with E-state index in [1.165, 1.54) is 31.4 Å². The van der Waals surface area contributed by atoms with Crippen LogP contribution in [0.2, 0.25) is 10.0 Å². The highest BCUT2D eigenvalue weighted by Gasteiger charge is 2.17.